The monoisotopic (exact) mass is 307 g/mol. The first-order chi connectivity index (χ1) is 10.4. The number of hydrogen-bond donors (Lipinski definition) is 1. The second-order valence-electron chi connectivity index (χ2n) is 6.25. The van der Waals surface area contributed by atoms with Gasteiger partial charge in [-0.05, 0) is 29.8 Å². The molecule has 0 saturated heterocycles. The van der Waals surface area contributed by atoms with E-state index in [1.165, 1.54) is 0 Å². The van der Waals surface area contributed by atoms with E-state index in [0.717, 1.165) is 11.1 Å². The second kappa shape index (κ2) is 7.10. The lowest BCUT2D eigenvalue weighted by Crippen LogP contribution is -2.22. The Hall–Kier alpha value is -2.31. The molecule has 0 aliphatic rings. The van der Waals surface area contributed by atoms with Crippen LogP contribution in [0.2, 0.25) is 19.6 Å². The number of carbonyl (C=O) groups is 1. The van der Waals surface area contributed by atoms with Gasteiger partial charge in [-0.3, -0.25) is 4.79 Å². The molecular weight excluding hydrogens is 286 g/mol. The molecule has 2 aromatic rings. The van der Waals surface area contributed by atoms with E-state index in [1.54, 1.807) is 0 Å². The zero-order valence-corrected chi connectivity index (χ0v) is 14.3. The number of amides is 1. The summed E-state index contributed by atoms with van der Waals surface area (Å²) in [4.78, 5) is 12.0. The first-order valence-electron chi connectivity index (χ1n) is 7.39. The summed E-state index contributed by atoms with van der Waals surface area (Å²) in [6.45, 7) is 7.19. The maximum absolute atomic E-state index is 12.0. The maximum Gasteiger partial charge on any atom is 0.251 e. The average molecular weight is 307 g/mol. The van der Waals surface area contributed by atoms with Crippen molar-refractivity contribution in [1.82, 2.24) is 5.32 Å². The SMILES string of the molecule is C[Si](C)(C)C#Cc1cccc(CNC(=O)c2ccccc2)c1. The molecule has 0 aromatic heterocycles. The first-order valence-corrected chi connectivity index (χ1v) is 10.9. The molecule has 2 rings (SSSR count). The summed E-state index contributed by atoms with van der Waals surface area (Å²) in [6, 6.07) is 17.3. The molecule has 0 aliphatic heterocycles. The van der Waals surface area contributed by atoms with Crippen LogP contribution in [0.1, 0.15) is 21.5 Å². The van der Waals surface area contributed by atoms with Crippen LogP contribution in [0.3, 0.4) is 0 Å². The Morgan fingerprint density at radius 3 is 2.45 bits per heavy atom. The van der Waals surface area contributed by atoms with Crippen molar-refractivity contribution in [2.75, 3.05) is 0 Å². The van der Waals surface area contributed by atoms with Gasteiger partial charge in [-0.25, -0.2) is 0 Å². The van der Waals surface area contributed by atoms with Gasteiger partial charge in [-0.2, -0.15) is 0 Å². The van der Waals surface area contributed by atoms with Crippen molar-refractivity contribution in [2.45, 2.75) is 26.2 Å². The van der Waals surface area contributed by atoms with Crippen molar-refractivity contribution >= 4 is 14.0 Å². The summed E-state index contributed by atoms with van der Waals surface area (Å²) in [6.07, 6.45) is 0. The van der Waals surface area contributed by atoms with Crippen molar-refractivity contribution in [2.24, 2.45) is 0 Å². The van der Waals surface area contributed by atoms with Crippen molar-refractivity contribution in [3.05, 3.63) is 71.3 Å². The van der Waals surface area contributed by atoms with E-state index < -0.39 is 8.07 Å². The molecule has 2 aromatic carbocycles. The molecule has 1 amide bonds. The van der Waals surface area contributed by atoms with Gasteiger partial charge in [-0.15, -0.1) is 5.54 Å². The Morgan fingerprint density at radius 1 is 1.05 bits per heavy atom. The highest BCUT2D eigenvalue weighted by Gasteiger charge is 2.07. The van der Waals surface area contributed by atoms with Crippen LogP contribution in [-0.4, -0.2) is 14.0 Å². The summed E-state index contributed by atoms with van der Waals surface area (Å²) in [7, 11) is -1.37. The smallest absolute Gasteiger partial charge is 0.251 e. The van der Waals surface area contributed by atoms with Gasteiger partial charge in [0.2, 0.25) is 0 Å². The zero-order valence-electron chi connectivity index (χ0n) is 13.3. The number of rotatable bonds is 3. The van der Waals surface area contributed by atoms with Gasteiger partial charge in [0.05, 0.1) is 0 Å². The molecule has 0 heterocycles. The van der Waals surface area contributed by atoms with Crippen LogP contribution in [0.25, 0.3) is 0 Å². The highest BCUT2D eigenvalue weighted by atomic mass is 28.3. The lowest BCUT2D eigenvalue weighted by Gasteiger charge is -2.06. The van der Waals surface area contributed by atoms with Crippen LogP contribution in [0.15, 0.2) is 54.6 Å². The number of nitrogens with one attached hydrogen (secondary N) is 1. The molecule has 1 N–H and O–H groups in total. The number of carbonyl (C=O) groups excluding carboxylic acids is 1. The zero-order chi connectivity index (χ0) is 16.0. The first kappa shape index (κ1) is 16.1. The molecule has 0 aliphatic carbocycles. The molecular formula is C19H21NOSi. The molecule has 2 nitrogen and oxygen atoms in total. The average Bonchev–Trinajstić information content (AvgIpc) is 2.51. The van der Waals surface area contributed by atoms with E-state index in [0.29, 0.717) is 12.1 Å². The normalized spacial score (nSPS) is 10.5. The van der Waals surface area contributed by atoms with E-state index in [1.807, 2.05) is 54.6 Å². The molecule has 0 unspecified atom stereocenters. The van der Waals surface area contributed by atoms with E-state index in [4.69, 9.17) is 0 Å². The molecule has 0 spiro atoms. The fraction of sp³-hybridized carbons (Fsp3) is 0.211. The van der Waals surface area contributed by atoms with Crippen molar-refractivity contribution in [3.8, 4) is 11.5 Å². The Morgan fingerprint density at radius 2 is 1.77 bits per heavy atom. The van der Waals surface area contributed by atoms with Gasteiger partial charge in [0, 0.05) is 17.7 Å². The van der Waals surface area contributed by atoms with Crippen LogP contribution < -0.4 is 5.32 Å². The molecule has 0 saturated carbocycles. The second-order valence-corrected chi connectivity index (χ2v) is 11.0. The van der Waals surface area contributed by atoms with Crippen LogP contribution in [0.4, 0.5) is 0 Å². The maximum atomic E-state index is 12.0. The number of hydrogen-bond acceptors (Lipinski definition) is 1. The lowest BCUT2D eigenvalue weighted by atomic mass is 10.1. The standard InChI is InChI=1S/C19H21NOSi/c1-22(2,3)13-12-16-8-7-9-17(14-16)15-20-19(21)18-10-5-4-6-11-18/h4-11,14H,15H2,1-3H3,(H,20,21). The summed E-state index contributed by atoms with van der Waals surface area (Å²) < 4.78 is 0. The molecule has 3 heteroatoms. The van der Waals surface area contributed by atoms with Crippen LogP contribution in [-0.2, 0) is 6.54 Å². The van der Waals surface area contributed by atoms with Crippen molar-refractivity contribution < 1.29 is 4.79 Å². The minimum atomic E-state index is -1.37. The van der Waals surface area contributed by atoms with E-state index >= 15 is 0 Å². The van der Waals surface area contributed by atoms with Crippen LogP contribution in [0, 0.1) is 11.5 Å². The van der Waals surface area contributed by atoms with Gasteiger partial charge in [-0.1, -0.05) is 55.9 Å². The summed E-state index contributed by atoms with van der Waals surface area (Å²) in [5.74, 6) is 3.19. The van der Waals surface area contributed by atoms with Crippen LogP contribution >= 0.6 is 0 Å². The Bertz CT molecular complexity index is 705. The Kier molecular flexibility index (Phi) is 5.19. The number of benzene rings is 2. The minimum Gasteiger partial charge on any atom is -0.348 e. The third-order valence-corrected chi connectivity index (χ3v) is 3.87. The molecule has 112 valence electrons. The van der Waals surface area contributed by atoms with Crippen molar-refractivity contribution in [1.29, 1.82) is 0 Å². The summed E-state index contributed by atoms with van der Waals surface area (Å²) in [5, 5.41) is 2.94. The largest absolute Gasteiger partial charge is 0.348 e. The molecule has 0 fully saturated rings. The Labute approximate surface area is 133 Å². The van der Waals surface area contributed by atoms with E-state index in [2.05, 4.69) is 36.4 Å². The fourth-order valence-electron chi connectivity index (χ4n) is 1.89. The third-order valence-electron chi connectivity index (χ3n) is 3.00. The topological polar surface area (TPSA) is 29.1 Å². The predicted molar refractivity (Wildman–Crippen MR) is 94.3 cm³/mol. The molecule has 0 radical (unpaired) electrons. The van der Waals surface area contributed by atoms with Gasteiger partial charge in [0.1, 0.15) is 8.07 Å². The minimum absolute atomic E-state index is 0.0563. The van der Waals surface area contributed by atoms with Crippen LogP contribution in [0.5, 0.6) is 0 Å². The molecule has 0 bridgehead atoms. The van der Waals surface area contributed by atoms with Gasteiger partial charge < -0.3 is 5.32 Å². The quantitative estimate of drug-likeness (QED) is 0.677. The molecule has 0 atom stereocenters. The van der Waals surface area contributed by atoms with E-state index in [9.17, 15) is 4.79 Å². The predicted octanol–water partition coefficient (Wildman–Crippen LogP) is 3.85. The summed E-state index contributed by atoms with van der Waals surface area (Å²) >= 11 is 0. The highest BCUT2D eigenvalue weighted by Crippen LogP contribution is 2.06. The van der Waals surface area contributed by atoms with Crippen molar-refractivity contribution in [3.63, 3.8) is 0 Å². The van der Waals surface area contributed by atoms with E-state index in [-0.39, 0.29) is 5.91 Å². The summed E-state index contributed by atoms with van der Waals surface area (Å²) in [5.41, 5.74) is 6.11. The highest BCUT2D eigenvalue weighted by molar-refractivity contribution is 6.83. The Balaban J connectivity index is 2.02. The van der Waals surface area contributed by atoms with Gasteiger partial charge in [0.25, 0.3) is 5.91 Å². The van der Waals surface area contributed by atoms with Gasteiger partial charge in [0.15, 0.2) is 0 Å². The van der Waals surface area contributed by atoms with Gasteiger partial charge >= 0.3 is 0 Å². The fourth-order valence-corrected chi connectivity index (χ4v) is 2.41. The third kappa shape index (κ3) is 5.23. The molecule has 22 heavy (non-hydrogen) atoms. The lowest BCUT2D eigenvalue weighted by molar-refractivity contribution is 0.0951.